The van der Waals surface area contributed by atoms with Crippen LogP contribution in [-0.4, -0.2) is 25.9 Å². The first-order chi connectivity index (χ1) is 11.6. The Hall–Kier alpha value is -0.340. The molecule has 0 aromatic heterocycles. The van der Waals surface area contributed by atoms with E-state index in [4.69, 9.17) is 9.47 Å². The molecule has 1 heterocycles. The molecule has 3 saturated carbocycles. The van der Waals surface area contributed by atoms with Crippen LogP contribution in [-0.2, 0) is 9.47 Å². The van der Waals surface area contributed by atoms with Gasteiger partial charge in [0.25, 0.3) is 0 Å². The molecule has 8 atom stereocenters. The highest BCUT2D eigenvalue weighted by atomic mass is 16.6. The zero-order valence-corrected chi connectivity index (χ0v) is 15.7. The summed E-state index contributed by atoms with van der Waals surface area (Å²) in [5.41, 5.74) is 2.77. The van der Waals surface area contributed by atoms with Crippen molar-refractivity contribution in [2.24, 2.45) is 34.5 Å². The average Bonchev–Trinajstić information content (AvgIpc) is 3.35. The largest absolute Gasteiger partial charge is 0.381 e. The number of ether oxygens (including phenoxy) is 2. The minimum Gasteiger partial charge on any atom is -0.381 e. The molecule has 5 rings (SSSR count). The molecule has 2 unspecified atom stereocenters. The van der Waals surface area contributed by atoms with Crippen LogP contribution in [0.2, 0.25) is 0 Å². The third-order valence-electron chi connectivity index (χ3n) is 9.27. The highest BCUT2D eigenvalue weighted by Crippen LogP contribution is 2.67. The van der Waals surface area contributed by atoms with Crippen molar-refractivity contribution in [1.82, 2.24) is 0 Å². The van der Waals surface area contributed by atoms with Crippen molar-refractivity contribution in [1.29, 1.82) is 0 Å². The zero-order chi connectivity index (χ0) is 16.5. The molecule has 5 aliphatic rings. The van der Waals surface area contributed by atoms with Crippen molar-refractivity contribution < 1.29 is 9.47 Å². The Morgan fingerprint density at radius 2 is 1.83 bits per heavy atom. The molecule has 2 nitrogen and oxygen atoms in total. The number of fused-ring (bicyclic) bond motifs is 5. The second kappa shape index (κ2) is 5.33. The summed E-state index contributed by atoms with van der Waals surface area (Å²) in [5, 5.41) is 0. The van der Waals surface area contributed by atoms with Gasteiger partial charge < -0.3 is 9.47 Å². The molecular weight excluding hydrogens is 296 g/mol. The highest BCUT2D eigenvalue weighted by Gasteiger charge is 2.61. The Morgan fingerprint density at radius 3 is 2.58 bits per heavy atom. The standard InChI is InChI=1S/C22H34O2/c1-21-10-8-15(23-3)12-14(21)4-5-16-17-6-7-19(20-13-24-20)22(17,2)11-9-18(16)21/h4,15-20H,5-13H2,1-3H3/t15?,16-,17-,18-,19-,20?,21-,22-/m0/s1. The smallest absolute Gasteiger partial charge is 0.0843 e. The summed E-state index contributed by atoms with van der Waals surface area (Å²) < 4.78 is 11.4. The number of hydrogen-bond donors (Lipinski definition) is 0. The van der Waals surface area contributed by atoms with E-state index in [1.165, 1.54) is 51.4 Å². The molecule has 134 valence electrons. The fraction of sp³-hybridized carbons (Fsp3) is 0.909. The van der Waals surface area contributed by atoms with Gasteiger partial charge in [0.15, 0.2) is 0 Å². The molecule has 0 N–H and O–H groups in total. The van der Waals surface area contributed by atoms with Gasteiger partial charge in [0.05, 0.1) is 18.8 Å². The van der Waals surface area contributed by atoms with E-state index in [2.05, 4.69) is 19.9 Å². The van der Waals surface area contributed by atoms with Crippen molar-refractivity contribution in [3.05, 3.63) is 11.6 Å². The molecule has 0 radical (unpaired) electrons. The van der Waals surface area contributed by atoms with E-state index in [9.17, 15) is 0 Å². The highest BCUT2D eigenvalue weighted by molar-refractivity contribution is 5.25. The maximum absolute atomic E-state index is 5.75. The fourth-order valence-electron chi connectivity index (χ4n) is 7.77. The molecular formula is C22H34O2. The molecule has 2 heteroatoms. The van der Waals surface area contributed by atoms with E-state index in [1.807, 2.05) is 7.11 Å². The molecule has 0 spiro atoms. The van der Waals surface area contributed by atoms with Crippen molar-refractivity contribution in [3.8, 4) is 0 Å². The quantitative estimate of drug-likeness (QED) is 0.526. The minimum atomic E-state index is 0.466. The summed E-state index contributed by atoms with van der Waals surface area (Å²) in [6.07, 6.45) is 14.6. The van der Waals surface area contributed by atoms with Crippen molar-refractivity contribution >= 4 is 0 Å². The lowest BCUT2D eigenvalue weighted by atomic mass is 9.47. The van der Waals surface area contributed by atoms with Gasteiger partial charge in [0, 0.05) is 7.11 Å². The minimum absolute atomic E-state index is 0.466. The van der Waals surface area contributed by atoms with Crippen molar-refractivity contribution in [2.75, 3.05) is 13.7 Å². The Bertz CT molecular complexity index is 550. The van der Waals surface area contributed by atoms with Crippen molar-refractivity contribution in [2.45, 2.75) is 77.4 Å². The Labute approximate surface area is 147 Å². The number of epoxide rings is 1. The summed E-state index contributed by atoms with van der Waals surface area (Å²) in [4.78, 5) is 0. The molecule has 0 amide bonds. The van der Waals surface area contributed by atoms with Gasteiger partial charge in [-0.1, -0.05) is 25.5 Å². The molecule has 0 bridgehead atoms. The maximum Gasteiger partial charge on any atom is 0.0843 e. The van der Waals surface area contributed by atoms with E-state index in [-0.39, 0.29) is 0 Å². The third-order valence-corrected chi connectivity index (χ3v) is 9.27. The van der Waals surface area contributed by atoms with Gasteiger partial charge in [0.2, 0.25) is 0 Å². The van der Waals surface area contributed by atoms with E-state index in [1.54, 1.807) is 5.57 Å². The van der Waals surface area contributed by atoms with Crippen LogP contribution in [0.3, 0.4) is 0 Å². The van der Waals surface area contributed by atoms with E-state index >= 15 is 0 Å². The topological polar surface area (TPSA) is 21.8 Å². The summed E-state index contributed by atoms with van der Waals surface area (Å²) >= 11 is 0. The molecule has 4 fully saturated rings. The second-order valence-corrected chi connectivity index (χ2v) is 9.96. The second-order valence-electron chi connectivity index (χ2n) is 9.96. The van der Waals surface area contributed by atoms with Crippen LogP contribution < -0.4 is 0 Å². The number of hydrogen-bond acceptors (Lipinski definition) is 2. The molecule has 0 aromatic rings. The zero-order valence-electron chi connectivity index (χ0n) is 15.7. The number of rotatable bonds is 2. The Morgan fingerprint density at radius 1 is 1.04 bits per heavy atom. The SMILES string of the molecule is COC1CC[C@@]2(C)C(=CC[C@H]3[C@@H]4CC[C@@H](C5CO5)[C@@]4(C)CC[C@@H]32)C1. The molecule has 24 heavy (non-hydrogen) atoms. The first kappa shape index (κ1) is 15.9. The third kappa shape index (κ3) is 2.08. The summed E-state index contributed by atoms with van der Waals surface area (Å²) in [5.74, 6) is 3.65. The number of allylic oxidation sites excluding steroid dienone is 1. The van der Waals surface area contributed by atoms with Gasteiger partial charge in [-0.2, -0.15) is 0 Å². The Balaban J connectivity index is 1.44. The van der Waals surface area contributed by atoms with Gasteiger partial charge in [0.1, 0.15) is 0 Å². The number of methoxy groups -OCH3 is 1. The van der Waals surface area contributed by atoms with E-state index in [0.717, 1.165) is 30.3 Å². The van der Waals surface area contributed by atoms with Crippen molar-refractivity contribution in [3.63, 3.8) is 0 Å². The first-order valence-electron chi connectivity index (χ1n) is 10.4. The van der Waals surface area contributed by atoms with Crippen LogP contribution in [0.5, 0.6) is 0 Å². The lowest BCUT2D eigenvalue weighted by Crippen LogP contribution is -2.50. The monoisotopic (exact) mass is 330 g/mol. The van der Waals surface area contributed by atoms with Gasteiger partial charge in [-0.25, -0.2) is 0 Å². The van der Waals surface area contributed by atoms with Gasteiger partial charge >= 0.3 is 0 Å². The normalized spacial score (nSPS) is 56.0. The lowest BCUT2D eigenvalue weighted by Gasteiger charge is -2.58. The molecule has 1 aliphatic heterocycles. The summed E-state index contributed by atoms with van der Waals surface area (Å²) in [6.45, 7) is 6.26. The van der Waals surface area contributed by atoms with E-state index in [0.29, 0.717) is 23.0 Å². The fourth-order valence-corrected chi connectivity index (χ4v) is 7.77. The van der Waals surface area contributed by atoms with Crippen LogP contribution in [0.4, 0.5) is 0 Å². The van der Waals surface area contributed by atoms with Crippen LogP contribution in [0.15, 0.2) is 11.6 Å². The van der Waals surface area contributed by atoms with Gasteiger partial charge in [-0.05, 0) is 85.9 Å². The van der Waals surface area contributed by atoms with Crippen LogP contribution in [0.1, 0.15) is 65.2 Å². The van der Waals surface area contributed by atoms with Crippen LogP contribution >= 0.6 is 0 Å². The average molecular weight is 331 g/mol. The van der Waals surface area contributed by atoms with Gasteiger partial charge in [-0.15, -0.1) is 0 Å². The molecule has 1 saturated heterocycles. The maximum atomic E-state index is 5.75. The molecule has 0 aromatic carbocycles. The predicted octanol–water partition coefficient (Wildman–Crippen LogP) is 4.98. The van der Waals surface area contributed by atoms with Gasteiger partial charge in [-0.3, -0.25) is 0 Å². The van der Waals surface area contributed by atoms with E-state index < -0.39 is 0 Å². The molecule has 4 aliphatic carbocycles. The predicted molar refractivity (Wildman–Crippen MR) is 95.7 cm³/mol. The van der Waals surface area contributed by atoms with Crippen LogP contribution in [0, 0.1) is 34.5 Å². The lowest BCUT2D eigenvalue weighted by molar-refractivity contribution is -0.0559. The van der Waals surface area contributed by atoms with Crippen LogP contribution in [0.25, 0.3) is 0 Å². The first-order valence-corrected chi connectivity index (χ1v) is 10.4. The summed E-state index contributed by atoms with van der Waals surface area (Å²) in [6, 6.07) is 0. The Kier molecular flexibility index (Phi) is 3.53. The summed E-state index contributed by atoms with van der Waals surface area (Å²) in [7, 11) is 1.89.